The fraction of sp³-hybridized carbons (Fsp3) is 0.938. The zero-order valence-corrected chi connectivity index (χ0v) is 13.8. The average molecular weight is 283 g/mol. The van der Waals surface area contributed by atoms with Crippen LogP contribution in [0.5, 0.6) is 0 Å². The molecule has 4 heteroatoms. The highest BCUT2D eigenvalue weighted by atomic mass is 16.5. The second-order valence-electron chi connectivity index (χ2n) is 7.43. The van der Waals surface area contributed by atoms with Gasteiger partial charge in [0, 0.05) is 13.1 Å². The van der Waals surface area contributed by atoms with Crippen LogP contribution in [0.4, 0.5) is 0 Å². The smallest absolute Gasteiger partial charge is 0.277 e. The first-order valence-corrected chi connectivity index (χ1v) is 8.03. The molecule has 0 aliphatic carbocycles. The number of likely N-dealkylation sites (tertiary alicyclic amines) is 1. The van der Waals surface area contributed by atoms with E-state index in [1.807, 2.05) is 4.90 Å². The van der Waals surface area contributed by atoms with Crippen LogP contribution in [0, 0.1) is 11.8 Å². The number of ether oxygens (including phenoxy) is 1. The second kappa shape index (κ2) is 5.64. The highest BCUT2D eigenvalue weighted by Crippen LogP contribution is 2.43. The van der Waals surface area contributed by atoms with E-state index in [0.717, 1.165) is 43.6 Å². The number of hydrogen-bond acceptors (Lipinski definition) is 2. The Balaban J connectivity index is 1.90. The maximum absolute atomic E-state index is 12.4. The lowest BCUT2D eigenvalue weighted by atomic mass is 9.77. The molecule has 0 saturated carbocycles. The summed E-state index contributed by atoms with van der Waals surface area (Å²) in [6.45, 7) is 10.9. The van der Waals surface area contributed by atoms with Crippen molar-refractivity contribution in [3.63, 3.8) is 0 Å². The fourth-order valence-electron chi connectivity index (χ4n) is 3.40. The highest BCUT2D eigenvalue weighted by Gasteiger charge is 2.47. The topological polar surface area (TPSA) is 29.5 Å². The van der Waals surface area contributed by atoms with E-state index >= 15 is 0 Å². The van der Waals surface area contributed by atoms with Gasteiger partial charge in [0.15, 0.2) is 6.54 Å². The molecular weight excluding hydrogens is 252 g/mol. The zero-order valence-electron chi connectivity index (χ0n) is 13.8. The van der Waals surface area contributed by atoms with Gasteiger partial charge in [0.05, 0.1) is 32.8 Å². The first-order chi connectivity index (χ1) is 9.30. The van der Waals surface area contributed by atoms with Gasteiger partial charge in [0.25, 0.3) is 5.91 Å². The standard InChI is InChI=1S/C16H31N2O2/c1-6-18(4,5)11-15(19)17-9-7-16(8-10-17)14(3)13(2)12-20-16/h13-14H,6-12H2,1-5H3/q+1. The molecule has 0 aromatic carbocycles. The molecule has 1 amide bonds. The molecule has 1 spiro atoms. The van der Waals surface area contributed by atoms with Gasteiger partial charge in [-0.2, -0.15) is 0 Å². The van der Waals surface area contributed by atoms with Crippen molar-refractivity contribution in [3.8, 4) is 0 Å². The van der Waals surface area contributed by atoms with E-state index in [2.05, 4.69) is 34.9 Å². The first-order valence-electron chi connectivity index (χ1n) is 8.03. The molecule has 2 aliphatic rings. The predicted molar refractivity (Wildman–Crippen MR) is 80.3 cm³/mol. The molecule has 2 rings (SSSR count). The van der Waals surface area contributed by atoms with Crippen molar-refractivity contribution in [2.45, 2.75) is 39.2 Å². The Kier molecular flexibility index (Phi) is 4.45. The Morgan fingerprint density at radius 1 is 1.30 bits per heavy atom. The summed E-state index contributed by atoms with van der Waals surface area (Å²) in [7, 11) is 4.24. The Morgan fingerprint density at radius 2 is 1.90 bits per heavy atom. The lowest BCUT2D eigenvalue weighted by Gasteiger charge is -2.42. The molecule has 4 nitrogen and oxygen atoms in total. The number of quaternary nitrogens is 1. The first kappa shape index (κ1) is 15.8. The van der Waals surface area contributed by atoms with Crippen molar-refractivity contribution in [1.82, 2.24) is 4.90 Å². The number of rotatable bonds is 3. The lowest BCUT2D eigenvalue weighted by Crippen LogP contribution is -2.53. The van der Waals surface area contributed by atoms with E-state index in [9.17, 15) is 4.79 Å². The molecule has 0 bridgehead atoms. The Hall–Kier alpha value is -0.610. The van der Waals surface area contributed by atoms with Crippen LogP contribution in [-0.4, -0.2) is 67.8 Å². The summed E-state index contributed by atoms with van der Waals surface area (Å²) in [4.78, 5) is 14.4. The van der Waals surface area contributed by atoms with Crippen LogP contribution in [-0.2, 0) is 9.53 Å². The third-order valence-electron chi connectivity index (χ3n) is 5.70. The molecule has 2 atom stereocenters. The molecule has 2 aliphatic heterocycles. The van der Waals surface area contributed by atoms with Crippen molar-refractivity contribution >= 4 is 5.91 Å². The van der Waals surface area contributed by atoms with Crippen molar-refractivity contribution in [2.24, 2.45) is 11.8 Å². The van der Waals surface area contributed by atoms with E-state index in [1.54, 1.807) is 0 Å². The molecule has 116 valence electrons. The summed E-state index contributed by atoms with van der Waals surface area (Å²) in [5.41, 5.74) is 0.0470. The largest absolute Gasteiger partial charge is 0.374 e. The average Bonchev–Trinajstić information content (AvgIpc) is 2.68. The number of amides is 1. The second-order valence-corrected chi connectivity index (χ2v) is 7.43. The van der Waals surface area contributed by atoms with Crippen LogP contribution in [0.25, 0.3) is 0 Å². The van der Waals surface area contributed by atoms with Gasteiger partial charge < -0.3 is 14.1 Å². The molecule has 2 saturated heterocycles. The van der Waals surface area contributed by atoms with Gasteiger partial charge in [0.2, 0.25) is 0 Å². The van der Waals surface area contributed by atoms with E-state index in [4.69, 9.17) is 4.74 Å². The van der Waals surface area contributed by atoms with E-state index in [1.165, 1.54) is 0 Å². The van der Waals surface area contributed by atoms with Gasteiger partial charge >= 0.3 is 0 Å². The third-order valence-corrected chi connectivity index (χ3v) is 5.70. The van der Waals surface area contributed by atoms with Crippen molar-refractivity contribution < 1.29 is 14.0 Å². The molecule has 0 aromatic rings. The maximum atomic E-state index is 12.4. The van der Waals surface area contributed by atoms with Crippen LogP contribution in [0.2, 0.25) is 0 Å². The summed E-state index contributed by atoms with van der Waals surface area (Å²) in [5, 5.41) is 0. The van der Waals surface area contributed by atoms with Gasteiger partial charge in [-0.25, -0.2) is 0 Å². The summed E-state index contributed by atoms with van der Waals surface area (Å²) in [6.07, 6.45) is 2.01. The summed E-state index contributed by atoms with van der Waals surface area (Å²) in [6, 6.07) is 0. The SMILES string of the molecule is CC[N+](C)(C)CC(=O)N1CCC2(CC1)OCC(C)C2C. The normalized spacial score (nSPS) is 29.9. The lowest BCUT2D eigenvalue weighted by molar-refractivity contribution is -0.880. The third kappa shape index (κ3) is 3.01. The number of nitrogens with zero attached hydrogens (tertiary/aromatic N) is 2. The molecule has 0 aromatic heterocycles. The molecule has 2 unspecified atom stereocenters. The van der Waals surface area contributed by atoms with Crippen LogP contribution in [0.15, 0.2) is 0 Å². The monoisotopic (exact) mass is 283 g/mol. The number of likely N-dealkylation sites (N-methyl/N-ethyl adjacent to an activating group) is 1. The van der Waals surface area contributed by atoms with E-state index < -0.39 is 0 Å². The Labute approximate surface area is 123 Å². The van der Waals surface area contributed by atoms with Gasteiger partial charge in [-0.1, -0.05) is 13.8 Å². The van der Waals surface area contributed by atoms with Crippen molar-refractivity contribution in [3.05, 3.63) is 0 Å². The quantitative estimate of drug-likeness (QED) is 0.739. The van der Waals surface area contributed by atoms with Gasteiger partial charge in [0.1, 0.15) is 0 Å². The van der Waals surface area contributed by atoms with Gasteiger partial charge in [-0.05, 0) is 31.6 Å². The zero-order chi connectivity index (χ0) is 15.0. The van der Waals surface area contributed by atoms with E-state index in [-0.39, 0.29) is 5.60 Å². The molecule has 2 heterocycles. The van der Waals surface area contributed by atoms with Crippen LogP contribution in [0.1, 0.15) is 33.6 Å². The molecule has 0 N–H and O–H groups in total. The van der Waals surface area contributed by atoms with E-state index in [0.29, 0.717) is 24.3 Å². The molecule has 2 fully saturated rings. The highest BCUT2D eigenvalue weighted by molar-refractivity contribution is 5.77. The minimum Gasteiger partial charge on any atom is -0.374 e. The van der Waals surface area contributed by atoms with Crippen LogP contribution in [0.3, 0.4) is 0 Å². The summed E-state index contributed by atoms with van der Waals surface area (Å²) >= 11 is 0. The Morgan fingerprint density at radius 3 is 2.35 bits per heavy atom. The summed E-state index contributed by atoms with van der Waals surface area (Å²) in [5.74, 6) is 1.56. The number of piperidine rings is 1. The fourth-order valence-corrected chi connectivity index (χ4v) is 3.40. The van der Waals surface area contributed by atoms with Crippen molar-refractivity contribution in [1.29, 1.82) is 0 Å². The minimum atomic E-state index is 0.0470. The van der Waals surface area contributed by atoms with Crippen LogP contribution < -0.4 is 0 Å². The molecule has 20 heavy (non-hydrogen) atoms. The number of hydrogen-bond donors (Lipinski definition) is 0. The van der Waals surface area contributed by atoms with Crippen LogP contribution >= 0.6 is 0 Å². The number of carbonyl (C=O) groups is 1. The summed E-state index contributed by atoms with van der Waals surface area (Å²) < 4.78 is 6.88. The minimum absolute atomic E-state index is 0.0470. The molecule has 0 radical (unpaired) electrons. The number of carbonyl (C=O) groups excluding carboxylic acids is 1. The van der Waals surface area contributed by atoms with Crippen molar-refractivity contribution in [2.75, 3.05) is 46.9 Å². The van der Waals surface area contributed by atoms with Gasteiger partial charge in [-0.3, -0.25) is 4.79 Å². The predicted octanol–water partition coefficient (Wildman–Crippen LogP) is 1.75. The Bertz CT molecular complexity index is 359. The molecular formula is C16H31N2O2+. The maximum Gasteiger partial charge on any atom is 0.277 e. The van der Waals surface area contributed by atoms with Gasteiger partial charge in [-0.15, -0.1) is 0 Å².